The summed E-state index contributed by atoms with van der Waals surface area (Å²) < 4.78 is 16.2. The van der Waals surface area contributed by atoms with E-state index in [9.17, 15) is 4.79 Å². The molecular weight excluding hydrogens is 370 g/mol. The summed E-state index contributed by atoms with van der Waals surface area (Å²) in [6.07, 6.45) is 3.60. The number of aromatic nitrogens is 2. The highest BCUT2D eigenvalue weighted by atomic mass is 16.5. The van der Waals surface area contributed by atoms with Gasteiger partial charge in [0.05, 0.1) is 26.5 Å². The summed E-state index contributed by atoms with van der Waals surface area (Å²) in [6, 6.07) is 5.27. The van der Waals surface area contributed by atoms with E-state index in [1.165, 1.54) is 0 Å². The molecule has 2 heterocycles. The van der Waals surface area contributed by atoms with E-state index in [1.54, 1.807) is 32.4 Å². The van der Waals surface area contributed by atoms with E-state index in [0.717, 1.165) is 29.9 Å². The van der Waals surface area contributed by atoms with E-state index in [-0.39, 0.29) is 5.91 Å². The Morgan fingerprint density at radius 2 is 1.79 bits per heavy atom. The van der Waals surface area contributed by atoms with Crippen LogP contribution in [0.4, 0.5) is 0 Å². The molecule has 1 aromatic carbocycles. The summed E-state index contributed by atoms with van der Waals surface area (Å²) in [7, 11) is 3.16. The van der Waals surface area contributed by atoms with Gasteiger partial charge in [-0.05, 0) is 38.8 Å². The van der Waals surface area contributed by atoms with Crippen molar-refractivity contribution in [3.05, 3.63) is 47.0 Å². The van der Waals surface area contributed by atoms with E-state index in [1.807, 2.05) is 24.9 Å². The van der Waals surface area contributed by atoms with Gasteiger partial charge in [0.2, 0.25) is 0 Å². The predicted molar refractivity (Wildman–Crippen MR) is 110 cm³/mol. The molecule has 1 amide bonds. The maximum Gasteiger partial charge on any atom is 0.254 e. The van der Waals surface area contributed by atoms with Crippen molar-refractivity contribution < 1.29 is 19.0 Å². The number of rotatable bonds is 7. The van der Waals surface area contributed by atoms with Crippen LogP contribution in [0.3, 0.4) is 0 Å². The Morgan fingerprint density at radius 1 is 1.14 bits per heavy atom. The second-order valence-corrected chi connectivity index (χ2v) is 7.13. The number of ether oxygens (including phenoxy) is 3. The standard InChI is InChI=1S/C22H29N3O4/c1-5-29-14-18-13-23-15(2)24-21(18)16-6-8-25(9-7-16)22(26)17-10-19(27-3)12-20(11-17)28-4/h10-13,16H,5-9,14H2,1-4H3. The molecule has 1 saturated heterocycles. The molecule has 7 nitrogen and oxygen atoms in total. The quantitative estimate of drug-likeness (QED) is 0.711. The third-order valence-corrected chi connectivity index (χ3v) is 5.25. The SMILES string of the molecule is CCOCc1cnc(C)nc1C1CCN(C(=O)c2cc(OC)cc(OC)c2)CC1. The zero-order valence-corrected chi connectivity index (χ0v) is 17.6. The highest BCUT2D eigenvalue weighted by Crippen LogP contribution is 2.31. The van der Waals surface area contributed by atoms with Crippen LogP contribution in [0.2, 0.25) is 0 Å². The average molecular weight is 399 g/mol. The van der Waals surface area contributed by atoms with Gasteiger partial charge >= 0.3 is 0 Å². The lowest BCUT2D eigenvalue weighted by atomic mass is 9.90. The van der Waals surface area contributed by atoms with Crippen molar-refractivity contribution in [1.82, 2.24) is 14.9 Å². The summed E-state index contributed by atoms with van der Waals surface area (Å²) >= 11 is 0. The molecule has 1 aliphatic heterocycles. The molecule has 7 heteroatoms. The molecule has 0 spiro atoms. The largest absolute Gasteiger partial charge is 0.497 e. The maximum absolute atomic E-state index is 13.0. The number of amides is 1. The molecule has 29 heavy (non-hydrogen) atoms. The molecule has 156 valence electrons. The molecule has 3 rings (SSSR count). The fourth-order valence-corrected chi connectivity index (χ4v) is 3.66. The second-order valence-electron chi connectivity index (χ2n) is 7.13. The first-order chi connectivity index (χ1) is 14.0. The number of nitrogens with zero attached hydrogens (tertiary/aromatic N) is 3. The molecule has 0 aliphatic carbocycles. The zero-order chi connectivity index (χ0) is 20.8. The first kappa shape index (κ1) is 21.0. The Bertz CT molecular complexity index is 826. The van der Waals surface area contributed by atoms with Gasteiger partial charge in [0.1, 0.15) is 17.3 Å². The van der Waals surface area contributed by atoms with Gasteiger partial charge in [0.15, 0.2) is 0 Å². The number of aryl methyl sites for hydroxylation is 1. The summed E-state index contributed by atoms with van der Waals surface area (Å²) in [5.74, 6) is 2.28. The topological polar surface area (TPSA) is 73.8 Å². The first-order valence-electron chi connectivity index (χ1n) is 9.98. The monoisotopic (exact) mass is 399 g/mol. The Hall–Kier alpha value is -2.67. The van der Waals surface area contributed by atoms with E-state index in [0.29, 0.717) is 49.3 Å². The highest BCUT2D eigenvalue weighted by molar-refractivity contribution is 5.95. The van der Waals surface area contributed by atoms with Crippen LogP contribution in [0.1, 0.15) is 53.1 Å². The number of carbonyl (C=O) groups is 1. The predicted octanol–water partition coefficient (Wildman–Crippen LogP) is 3.36. The fraction of sp³-hybridized carbons (Fsp3) is 0.500. The Labute approximate surface area is 172 Å². The smallest absolute Gasteiger partial charge is 0.254 e. The lowest BCUT2D eigenvalue weighted by Crippen LogP contribution is -2.38. The summed E-state index contributed by atoms with van der Waals surface area (Å²) in [5, 5.41) is 0. The van der Waals surface area contributed by atoms with Crippen LogP contribution < -0.4 is 9.47 Å². The van der Waals surface area contributed by atoms with Crippen LogP contribution in [-0.4, -0.2) is 54.7 Å². The van der Waals surface area contributed by atoms with E-state index >= 15 is 0 Å². The molecule has 1 aromatic heterocycles. The molecule has 0 N–H and O–H groups in total. The molecule has 0 radical (unpaired) electrons. The van der Waals surface area contributed by atoms with Gasteiger partial charge in [-0.1, -0.05) is 0 Å². The molecule has 0 bridgehead atoms. The minimum absolute atomic E-state index is 0.00550. The van der Waals surface area contributed by atoms with Gasteiger partial charge < -0.3 is 19.1 Å². The second kappa shape index (κ2) is 9.69. The average Bonchev–Trinajstić information content (AvgIpc) is 2.77. The summed E-state index contributed by atoms with van der Waals surface area (Å²) in [6.45, 7) is 6.43. The number of hydrogen-bond acceptors (Lipinski definition) is 6. The molecule has 1 aliphatic rings. The number of benzene rings is 1. The molecule has 1 fully saturated rings. The fourth-order valence-electron chi connectivity index (χ4n) is 3.66. The summed E-state index contributed by atoms with van der Waals surface area (Å²) in [4.78, 5) is 23.9. The van der Waals surface area contributed by atoms with Crippen molar-refractivity contribution in [2.75, 3.05) is 33.9 Å². The van der Waals surface area contributed by atoms with Crippen molar-refractivity contribution in [2.45, 2.75) is 39.2 Å². The molecule has 0 saturated carbocycles. The first-order valence-corrected chi connectivity index (χ1v) is 9.98. The number of likely N-dealkylation sites (tertiary alicyclic amines) is 1. The minimum atomic E-state index is -0.00550. The highest BCUT2D eigenvalue weighted by Gasteiger charge is 2.27. The lowest BCUT2D eigenvalue weighted by molar-refractivity contribution is 0.0709. The van der Waals surface area contributed by atoms with Crippen LogP contribution in [0.25, 0.3) is 0 Å². The van der Waals surface area contributed by atoms with Crippen molar-refractivity contribution >= 4 is 5.91 Å². The summed E-state index contributed by atoms with van der Waals surface area (Å²) in [5.41, 5.74) is 2.68. The van der Waals surface area contributed by atoms with Crippen molar-refractivity contribution in [2.24, 2.45) is 0 Å². The van der Waals surface area contributed by atoms with Gasteiger partial charge in [-0.25, -0.2) is 9.97 Å². The maximum atomic E-state index is 13.0. The zero-order valence-electron chi connectivity index (χ0n) is 17.6. The van der Waals surface area contributed by atoms with Gasteiger partial charge in [0.25, 0.3) is 5.91 Å². The van der Waals surface area contributed by atoms with E-state index < -0.39 is 0 Å². The number of methoxy groups -OCH3 is 2. The van der Waals surface area contributed by atoms with Crippen molar-refractivity contribution in [3.63, 3.8) is 0 Å². The van der Waals surface area contributed by atoms with Crippen molar-refractivity contribution in [3.8, 4) is 11.5 Å². The lowest BCUT2D eigenvalue weighted by Gasteiger charge is -2.32. The third-order valence-electron chi connectivity index (χ3n) is 5.25. The van der Waals surface area contributed by atoms with E-state index in [2.05, 4.69) is 4.98 Å². The normalized spacial score (nSPS) is 14.7. The van der Waals surface area contributed by atoms with Crippen LogP contribution >= 0.6 is 0 Å². The number of piperidine rings is 1. The Balaban J connectivity index is 1.71. The van der Waals surface area contributed by atoms with Crippen LogP contribution in [0, 0.1) is 6.92 Å². The van der Waals surface area contributed by atoms with Crippen LogP contribution in [-0.2, 0) is 11.3 Å². The van der Waals surface area contributed by atoms with Gasteiger partial charge in [-0.3, -0.25) is 4.79 Å². The van der Waals surface area contributed by atoms with Crippen molar-refractivity contribution in [1.29, 1.82) is 0 Å². The van der Waals surface area contributed by atoms with Gasteiger partial charge in [-0.15, -0.1) is 0 Å². The Morgan fingerprint density at radius 3 is 2.38 bits per heavy atom. The van der Waals surface area contributed by atoms with Crippen LogP contribution in [0.15, 0.2) is 24.4 Å². The molecule has 0 atom stereocenters. The molecule has 0 unspecified atom stereocenters. The van der Waals surface area contributed by atoms with Crippen LogP contribution in [0.5, 0.6) is 11.5 Å². The molecule has 2 aromatic rings. The Kier molecular flexibility index (Phi) is 7.04. The number of carbonyl (C=O) groups excluding carboxylic acids is 1. The molecular formula is C22H29N3O4. The third kappa shape index (κ3) is 5.03. The van der Waals surface area contributed by atoms with E-state index in [4.69, 9.17) is 19.2 Å². The van der Waals surface area contributed by atoms with Gasteiger partial charge in [0, 0.05) is 49.0 Å². The number of hydrogen-bond donors (Lipinski definition) is 0. The van der Waals surface area contributed by atoms with Gasteiger partial charge in [-0.2, -0.15) is 0 Å². The minimum Gasteiger partial charge on any atom is -0.497 e.